The molecule has 0 amide bonds. The summed E-state index contributed by atoms with van der Waals surface area (Å²) in [5.74, 6) is -0.125. The Hall–Kier alpha value is -0.900. The molecule has 0 N–H and O–H groups in total. The molecule has 0 aliphatic rings. The quantitative estimate of drug-likeness (QED) is 0.440. The second kappa shape index (κ2) is 8.69. The van der Waals surface area contributed by atoms with Crippen LogP contribution in [0, 0.1) is 0 Å². The maximum absolute atomic E-state index is 11.0. The Kier molecular flexibility index (Phi) is 8.13. The number of rotatable bonds is 8. The van der Waals surface area contributed by atoms with Gasteiger partial charge in [0.2, 0.25) is 0 Å². The van der Waals surface area contributed by atoms with Gasteiger partial charge < -0.3 is 14.3 Å². The lowest BCUT2D eigenvalue weighted by Gasteiger charge is -2.03. The largest absolute Gasteiger partial charge is 0.466 e. The van der Waals surface area contributed by atoms with Crippen LogP contribution in [0.3, 0.4) is 0 Å². The summed E-state index contributed by atoms with van der Waals surface area (Å²) in [5, 5.41) is 0. The average Bonchev–Trinajstić information content (AvgIpc) is 2.12. The van der Waals surface area contributed by atoms with Gasteiger partial charge in [-0.05, 0) is 13.3 Å². The first-order valence-corrected chi connectivity index (χ1v) is 4.81. The molecule has 0 aromatic heterocycles. The predicted molar refractivity (Wildman–Crippen MR) is 52.0 cm³/mol. The molecule has 0 saturated carbocycles. The van der Waals surface area contributed by atoms with E-state index in [0.717, 1.165) is 6.42 Å². The van der Waals surface area contributed by atoms with Crippen LogP contribution in [0.1, 0.15) is 32.6 Å². The molecule has 0 bridgehead atoms. The van der Waals surface area contributed by atoms with E-state index in [-0.39, 0.29) is 11.8 Å². The van der Waals surface area contributed by atoms with Gasteiger partial charge in [-0.25, -0.2) is 0 Å². The summed E-state index contributed by atoms with van der Waals surface area (Å²) in [6.45, 7) is 2.51. The highest BCUT2D eigenvalue weighted by molar-refractivity contribution is 5.76. The zero-order valence-corrected chi connectivity index (χ0v) is 8.88. The lowest BCUT2D eigenvalue weighted by Crippen LogP contribution is -2.07. The lowest BCUT2D eigenvalue weighted by atomic mass is 10.2. The molecule has 0 aliphatic heterocycles. The van der Waals surface area contributed by atoms with Gasteiger partial charge >= 0.3 is 5.97 Å². The Labute approximate surface area is 84.6 Å². The molecule has 0 saturated heterocycles. The molecular formula is C10H18O4. The van der Waals surface area contributed by atoms with E-state index in [1.165, 1.54) is 6.92 Å². The number of hydrogen-bond acceptors (Lipinski definition) is 4. The molecule has 0 aromatic rings. The minimum Gasteiger partial charge on any atom is -0.466 e. The van der Waals surface area contributed by atoms with Gasteiger partial charge in [-0.2, -0.15) is 0 Å². The van der Waals surface area contributed by atoms with Crippen molar-refractivity contribution in [2.45, 2.75) is 32.6 Å². The van der Waals surface area contributed by atoms with Crippen LogP contribution >= 0.6 is 0 Å². The van der Waals surface area contributed by atoms with E-state index in [1.807, 2.05) is 0 Å². The number of ether oxygens (including phenoxy) is 2. The molecule has 4 nitrogen and oxygen atoms in total. The monoisotopic (exact) mass is 202 g/mol. The van der Waals surface area contributed by atoms with Crippen LogP contribution in [-0.4, -0.2) is 32.1 Å². The highest BCUT2D eigenvalue weighted by Gasteiger charge is 2.03. The topological polar surface area (TPSA) is 52.6 Å². The van der Waals surface area contributed by atoms with E-state index in [4.69, 9.17) is 9.47 Å². The average molecular weight is 202 g/mol. The van der Waals surface area contributed by atoms with E-state index in [9.17, 15) is 9.59 Å². The summed E-state index contributed by atoms with van der Waals surface area (Å²) >= 11 is 0. The van der Waals surface area contributed by atoms with Gasteiger partial charge in [0.15, 0.2) is 0 Å². The first-order valence-electron chi connectivity index (χ1n) is 4.81. The molecular weight excluding hydrogens is 184 g/mol. The third-order valence-electron chi connectivity index (χ3n) is 1.67. The highest BCUT2D eigenvalue weighted by atomic mass is 16.5. The second-order valence-corrected chi connectivity index (χ2v) is 3.12. The van der Waals surface area contributed by atoms with Gasteiger partial charge in [-0.15, -0.1) is 0 Å². The van der Waals surface area contributed by atoms with Crippen molar-refractivity contribution in [3.05, 3.63) is 0 Å². The van der Waals surface area contributed by atoms with Gasteiger partial charge in [0.05, 0.1) is 6.61 Å². The Morgan fingerprint density at radius 3 is 2.36 bits per heavy atom. The van der Waals surface area contributed by atoms with E-state index in [0.29, 0.717) is 32.5 Å². The molecule has 0 heterocycles. The second-order valence-electron chi connectivity index (χ2n) is 3.12. The number of ketones is 1. The Balaban J connectivity index is 3.24. The minimum absolute atomic E-state index is 0.109. The molecule has 0 aromatic carbocycles. The van der Waals surface area contributed by atoms with Gasteiger partial charge in [0.1, 0.15) is 5.78 Å². The van der Waals surface area contributed by atoms with Crippen molar-refractivity contribution in [2.75, 3.05) is 20.3 Å². The minimum atomic E-state index is -0.234. The molecule has 0 aliphatic carbocycles. The summed E-state index contributed by atoms with van der Waals surface area (Å²) in [5.41, 5.74) is 0. The van der Waals surface area contributed by atoms with Gasteiger partial charge in [-0.3, -0.25) is 4.79 Å². The maximum Gasteiger partial charge on any atom is 0.305 e. The van der Waals surface area contributed by atoms with E-state index in [1.54, 1.807) is 7.11 Å². The van der Waals surface area contributed by atoms with Crippen LogP contribution in [0.25, 0.3) is 0 Å². The zero-order chi connectivity index (χ0) is 10.8. The van der Waals surface area contributed by atoms with E-state index in [2.05, 4.69) is 0 Å². The Bertz CT molecular complexity index is 177. The number of hydrogen-bond donors (Lipinski definition) is 0. The summed E-state index contributed by atoms with van der Waals surface area (Å²) in [7, 11) is 1.61. The number of methoxy groups -OCH3 is 1. The summed E-state index contributed by atoms with van der Waals surface area (Å²) in [4.78, 5) is 21.6. The van der Waals surface area contributed by atoms with Crippen LogP contribution in [0.5, 0.6) is 0 Å². The first-order chi connectivity index (χ1) is 6.66. The van der Waals surface area contributed by atoms with Crippen molar-refractivity contribution >= 4 is 11.8 Å². The highest BCUT2D eigenvalue weighted by Crippen LogP contribution is 1.98. The van der Waals surface area contributed by atoms with Crippen LogP contribution < -0.4 is 0 Å². The molecule has 0 fully saturated rings. The van der Waals surface area contributed by atoms with Crippen molar-refractivity contribution < 1.29 is 19.1 Å². The van der Waals surface area contributed by atoms with Crippen LogP contribution in [-0.2, 0) is 19.1 Å². The fourth-order valence-corrected chi connectivity index (χ4v) is 0.943. The molecule has 0 atom stereocenters. The van der Waals surface area contributed by atoms with E-state index < -0.39 is 0 Å². The molecule has 0 unspecified atom stereocenters. The Morgan fingerprint density at radius 1 is 1.07 bits per heavy atom. The van der Waals surface area contributed by atoms with Crippen LogP contribution in [0.15, 0.2) is 0 Å². The van der Waals surface area contributed by atoms with E-state index >= 15 is 0 Å². The first kappa shape index (κ1) is 13.1. The van der Waals surface area contributed by atoms with Crippen molar-refractivity contribution in [1.29, 1.82) is 0 Å². The SMILES string of the molecule is COCCCOC(=O)CCCC(C)=O. The van der Waals surface area contributed by atoms with Crippen LogP contribution in [0.2, 0.25) is 0 Å². The summed E-state index contributed by atoms with van der Waals surface area (Å²) in [6.07, 6.45) is 2.08. The molecule has 4 heteroatoms. The normalized spacial score (nSPS) is 9.86. The van der Waals surface area contributed by atoms with Gasteiger partial charge in [-0.1, -0.05) is 0 Å². The third-order valence-corrected chi connectivity index (χ3v) is 1.67. The standard InChI is InChI=1S/C10H18O4/c1-9(11)5-3-6-10(12)14-8-4-7-13-2/h3-8H2,1-2H3. The summed E-state index contributed by atoms with van der Waals surface area (Å²) in [6, 6.07) is 0. The molecule has 82 valence electrons. The van der Waals surface area contributed by atoms with Crippen molar-refractivity contribution in [3.8, 4) is 0 Å². The van der Waals surface area contributed by atoms with Crippen molar-refractivity contribution in [3.63, 3.8) is 0 Å². The van der Waals surface area contributed by atoms with Crippen molar-refractivity contribution in [2.24, 2.45) is 0 Å². The fourth-order valence-electron chi connectivity index (χ4n) is 0.943. The smallest absolute Gasteiger partial charge is 0.305 e. The number of carbonyl (C=O) groups is 2. The third kappa shape index (κ3) is 9.19. The molecule has 0 spiro atoms. The van der Waals surface area contributed by atoms with Gasteiger partial charge in [0.25, 0.3) is 0 Å². The molecule has 0 radical (unpaired) electrons. The number of esters is 1. The van der Waals surface area contributed by atoms with Crippen LogP contribution in [0.4, 0.5) is 0 Å². The fraction of sp³-hybridized carbons (Fsp3) is 0.800. The Morgan fingerprint density at radius 2 is 1.79 bits per heavy atom. The number of carbonyl (C=O) groups excluding carboxylic acids is 2. The summed E-state index contributed by atoms with van der Waals surface area (Å²) < 4.78 is 9.70. The molecule has 14 heavy (non-hydrogen) atoms. The number of Topliss-reactive ketones (excluding diaryl/α,β-unsaturated/α-hetero) is 1. The van der Waals surface area contributed by atoms with Gasteiger partial charge in [0, 0.05) is 33.0 Å². The maximum atomic E-state index is 11.0. The predicted octanol–water partition coefficient (Wildman–Crippen LogP) is 1.33. The molecule has 0 rings (SSSR count). The van der Waals surface area contributed by atoms with Crippen molar-refractivity contribution in [1.82, 2.24) is 0 Å². The lowest BCUT2D eigenvalue weighted by molar-refractivity contribution is -0.144. The zero-order valence-electron chi connectivity index (χ0n) is 8.88.